The van der Waals surface area contributed by atoms with Crippen molar-refractivity contribution in [2.45, 2.75) is 59.0 Å². The number of halogens is 1. The molecule has 2 aromatic rings. The number of para-hydroxylation sites is 1. The van der Waals surface area contributed by atoms with E-state index >= 15 is 0 Å². The molecule has 0 spiro atoms. The van der Waals surface area contributed by atoms with Gasteiger partial charge in [-0.2, -0.15) is 0 Å². The van der Waals surface area contributed by atoms with Crippen LogP contribution in [-0.2, 0) is 6.54 Å². The van der Waals surface area contributed by atoms with Crippen LogP contribution in [0.3, 0.4) is 0 Å². The Kier molecular flexibility index (Phi) is 5.52. The quantitative estimate of drug-likeness (QED) is 0.818. The van der Waals surface area contributed by atoms with Crippen LogP contribution in [0.4, 0.5) is 4.39 Å². The Balaban J connectivity index is 2.16. The third-order valence-electron chi connectivity index (χ3n) is 5.27. The zero-order chi connectivity index (χ0) is 18.0. The average molecular weight is 345 g/mol. The molecule has 2 heterocycles. The molecule has 2 atom stereocenters. The zero-order valence-corrected chi connectivity index (χ0v) is 15.5. The maximum absolute atomic E-state index is 14.3. The molecule has 136 valence electrons. The van der Waals surface area contributed by atoms with Gasteiger partial charge < -0.3 is 0 Å². The van der Waals surface area contributed by atoms with Crippen molar-refractivity contribution in [3.63, 3.8) is 0 Å². The molecule has 0 unspecified atom stereocenters. The zero-order valence-electron chi connectivity index (χ0n) is 15.5. The molecular formula is C20H28FN3O. The lowest BCUT2D eigenvalue weighted by molar-refractivity contribution is 0.114. The van der Waals surface area contributed by atoms with Gasteiger partial charge in [-0.05, 0) is 50.8 Å². The highest BCUT2D eigenvalue weighted by atomic mass is 19.1. The lowest BCUT2D eigenvalue weighted by Gasteiger charge is -2.37. The fourth-order valence-corrected chi connectivity index (χ4v) is 4.04. The Bertz CT molecular complexity index is 801. The molecule has 0 aliphatic carbocycles. The summed E-state index contributed by atoms with van der Waals surface area (Å²) in [4.78, 5) is 20.0. The maximum Gasteiger partial charge on any atom is 0.261 e. The number of nitrogens with zero attached hydrogens (tertiary/aromatic N) is 3. The number of hydrogen-bond donors (Lipinski definition) is 0. The second kappa shape index (κ2) is 7.65. The summed E-state index contributed by atoms with van der Waals surface area (Å²) in [7, 11) is 0. The summed E-state index contributed by atoms with van der Waals surface area (Å²) >= 11 is 0. The monoisotopic (exact) mass is 345 g/mol. The van der Waals surface area contributed by atoms with E-state index in [1.807, 2.05) is 6.92 Å². The molecule has 1 fully saturated rings. The first-order valence-electron chi connectivity index (χ1n) is 9.49. The second-order valence-corrected chi connectivity index (χ2v) is 7.20. The van der Waals surface area contributed by atoms with E-state index < -0.39 is 5.82 Å². The molecule has 25 heavy (non-hydrogen) atoms. The predicted octanol–water partition coefficient (Wildman–Crippen LogP) is 4.13. The molecule has 1 aromatic heterocycles. The van der Waals surface area contributed by atoms with Gasteiger partial charge in [-0.3, -0.25) is 14.3 Å². The molecule has 1 aromatic carbocycles. The van der Waals surface area contributed by atoms with E-state index in [2.05, 4.69) is 23.7 Å². The van der Waals surface area contributed by atoms with Crippen LogP contribution in [0.25, 0.3) is 10.9 Å². The first kappa shape index (κ1) is 18.1. The maximum atomic E-state index is 14.3. The highest BCUT2D eigenvalue weighted by Gasteiger charge is 2.28. The van der Waals surface area contributed by atoms with Gasteiger partial charge in [-0.25, -0.2) is 9.37 Å². The Morgan fingerprint density at radius 3 is 2.84 bits per heavy atom. The Hall–Kier alpha value is -1.75. The van der Waals surface area contributed by atoms with E-state index in [-0.39, 0.29) is 17.1 Å². The van der Waals surface area contributed by atoms with Crippen LogP contribution in [0.5, 0.6) is 0 Å². The van der Waals surface area contributed by atoms with Crippen LogP contribution in [-0.4, -0.2) is 27.5 Å². The molecule has 5 heteroatoms. The van der Waals surface area contributed by atoms with Gasteiger partial charge in [0, 0.05) is 13.1 Å². The van der Waals surface area contributed by atoms with Crippen LogP contribution in [0, 0.1) is 11.7 Å². The fraction of sp³-hybridized carbons (Fsp3) is 0.600. The van der Waals surface area contributed by atoms with Gasteiger partial charge in [0.15, 0.2) is 0 Å². The number of likely N-dealkylation sites (tertiary alicyclic amines) is 1. The minimum Gasteiger partial charge on any atom is -0.295 e. The molecule has 1 aliphatic heterocycles. The number of fused-ring (bicyclic) bond motifs is 1. The minimum atomic E-state index is -0.415. The molecule has 1 saturated heterocycles. The van der Waals surface area contributed by atoms with E-state index in [1.165, 1.54) is 18.9 Å². The van der Waals surface area contributed by atoms with E-state index in [9.17, 15) is 9.18 Å². The van der Waals surface area contributed by atoms with Gasteiger partial charge in [-0.15, -0.1) is 0 Å². The first-order chi connectivity index (χ1) is 12.1. The van der Waals surface area contributed by atoms with Gasteiger partial charge in [0.05, 0.1) is 11.4 Å². The summed E-state index contributed by atoms with van der Waals surface area (Å²) in [6, 6.07) is 4.70. The number of aromatic nitrogens is 2. The van der Waals surface area contributed by atoms with E-state index in [1.54, 1.807) is 16.7 Å². The van der Waals surface area contributed by atoms with Gasteiger partial charge in [-0.1, -0.05) is 26.3 Å². The average Bonchev–Trinajstić information content (AvgIpc) is 2.60. The summed E-state index contributed by atoms with van der Waals surface area (Å²) in [6.07, 6.45) is 4.35. The third kappa shape index (κ3) is 3.47. The molecule has 0 bridgehead atoms. The van der Waals surface area contributed by atoms with Crippen molar-refractivity contribution >= 4 is 10.9 Å². The van der Waals surface area contributed by atoms with E-state index in [4.69, 9.17) is 0 Å². The van der Waals surface area contributed by atoms with E-state index in [0.29, 0.717) is 17.8 Å². The second-order valence-electron chi connectivity index (χ2n) is 7.20. The molecule has 0 amide bonds. The Morgan fingerprint density at radius 2 is 2.16 bits per heavy atom. The molecule has 4 nitrogen and oxygen atoms in total. The van der Waals surface area contributed by atoms with Crippen molar-refractivity contribution in [2.75, 3.05) is 13.1 Å². The van der Waals surface area contributed by atoms with Crippen LogP contribution in [0.15, 0.2) is 23.0 Å². The van der Waals surface area contributed by atoms with E-state index in [0.717, 1.165) is 31.8 Å². The van der Waals surface area contributed by atoms with Crippen molar-refractivity contribution < 1.29 is 4.39 Å². The lowest BCUT2D eigenvalue weighted by atomic mass is 9.97. The lowest BCUT2D eigenvalue weighted by Crippen LogP contribution is -2.40. The summed E-state index contributed by atoms with van der Waals surface area (Å²) in [5.41, 5.74) is 0.0755. The van der Waals surface area contributed by atoms with Crippen molar-refractivity contribution in [1.82, 2.24) is 14.5 Å². The van der Waals surface area contributed by atoms with Crippen LogP contribution >= 0.6 is 0 Å². The normalized spacial score (nSPS) is 20.1. The number of hydrogen-bond acceptors (Lipinski definition) is 3. The Labute approximate surface area is 148 Å². The summed E-state index contributed by atoms with van der Waals surface area (Å²) < 4.78 is 16.0. The third-order valence-corrected chi connectivity index (χ3v) is 5.27. The van der Waals surface area contributed by atoms with Crippen LogP contribution < -0.4 is 5.56 Å². The van der Waals surface area contributed by atoms with Crippen molar-refractivity contribution in [3.8, 4) is 0 Å². The van der Waals surface area contributed by atoms with Crippen molar-refractivity contribution in [3.05, 3.63) is 40.2 Å². The number of piperidine rings is 1. The SMILES string of the molecule is CCC[C@H](c1nc2c(F)cccc2c(=O)n1CC)N1CCC[C@@H](C)C1. The molecule has 0 radical (unpaired) electrons. The van der Waals surface area contributed by atoms with Gasteiger partial charge in [0.1, 0.15) is 17.2 Å². The molecule has 0 saturated carbocycles. The Morgan fingerprint density at radius 1 is 1.36 bits per heavy atom. The standard InChI is InChI=1S/C20H28FN3O/c1-4-8-17(23-12-7-9-14(3)13-23)19-22-18-15(10-6-11-16(18)21)20(25)24(19)5-2/h6,10-11,14,17H,4-5,7-9,12-13H2,1-3H3/t14-,17-/m1/s1. The van der Waals surface area contributed by atoms with Crippen LogP contribution in [0.1, 0.15) is 58.3 Å². The largest absolute Gasteiger partial charge is 0.295 e. The summed E-state index contributed by atoms with van der Waals surface area (Å²) in [5, 5.41) is 0.368. The molecule has 0 N–H and O–H groups in total. The first-order valence-corrected chi connectivity index (χ1v) is 9.49. The molecule has 3 rings (SSSR count). The van der Waals surface area contributed by atoms with Crippen molar-refractivity contribution in [1.29, 1.82) is 0 Å². The van der Waals surface area contributed by atoms with Crippen LogP contribution in [0.2, 0.25) is 0 Å². The highest BCUT2D eigenvalue weighted by molar-refractivity contribution is 5.78. The van der Waals surface area contributed by atoms with Crippen molar-refractivity contribution in [2.24, 2.45) is 5.92 Å². The van der Waals surface area contributed by atoms with Gasteiger partial charge in [0.25, 0.3) is 5.56 Å². The topological polar surface area (TPSA) is 38.1 Å². The fourth-order valence-electron chi connectivity index (χ4n) is 4.04. The number of rotatable bonds is 5. The summed E-state index contributed by atoms with van der Waals surface area (Å²) in [6.45, 7) is 8.96. The highest BCUT2D eigenvalue weighted by Crippen LogP contribution is 2.30. The molecule has 1 aliphatic rings. The van der Waals surface area contributed by atoms with Gasteiger partial charge >= 0.3 is 0 Å². The minimum absolute atomic E-state index is 0.0735. The smallest absolute Gasteiger partial charge is 0.261 e. The molecular weight excluding hydrogens is 317 g/mol. The summed E-state index contributed by atoms with van der Waals surface area (Å²) in [5.74, 6) is 0.953. The predicted molar refractivity (Wildman–Crippen MR) is 99.3 cm³/mol. The van der Waals surface area contributed by atoms with Gasteiger partial charge in [0.2, 0.25) is 0 Å². The number of benzene rings is 1.